The molecule has 19 heteroatoms. The molecule has 3 rings (SSSR count). The van der Waals surface area contributed by atoms with E-state index in [1.165, 1.54) is 340 Å². The second-order valence-corrected chi connectivity index (χ2v) is 33.8. The van der Waals surface area contributed by atoms with Gasteiger partial charge < -0.3 is 89.9 Å². The van der Waals surface area contributed by atoms with Crippen LogP contribution in [-0.4, -0.2) is 193 Å². The molecule has 3 aliphatic heterocycles. The normalized spacial score (nSPS) is 25.0. The molecule has 0 spiro atoms. The van der Waals surface area contributed by atoms with E-state index in [0.717, 1.165) is 44.9 Å². The minimum atomic E-state index is -1.98. The highest BCUT2D eigenvalue weighted by molar-refractivity contribution is 5.76. The molecule has 1 amide bonds. The molecule has 660 valence electrons. The van der Waals surface area contributed by atoms with Crippen LogP contribution in [0.2, 0.25) is 0 Å². The van der Waals surface area contributed by atoms with E-state index in [-0.39, 0.29) is 18.9 Å². The lowest BCUT2D eigenvalue weighted by Crippen LogP contribution is -2.66. The summed E-state index contributed by atoms with van der Waals surface area (Å²) >= 11 is 0. The highest BCUT2D eigenvalue weighted by Gasteiger charge is 2.54. The van der Waals surface area contributed by atoms with Crippen LogP contribution in [0.15, 0.2) is 36.5 Å². The molecule has 0 saturated carbocycles. The summed E-state index contributed by atoms with van der Waals surface area (Å²) in [6.45, 7) is 1.78. The van der Waals surface area contributed by atoms with Gasteiger partial charge in [-0.3, -0.25) is 4.79 Å². The fraction of sp³-hybridized carbons (Fsp3) is 0.925. The first-order valence-electron chi connectivity index (χ1n) is 47.2. The Morgan fingerprint density at radius 3 is 0.893 bits per heavy atom. The van der Waals surface area contributed by atoms with Crippen LogP contribution in [-0.2, 0) is 33.2 Å². The van der Waals surface area contributed by atoms with Gasteiger partial charge in [-0.2, -0.15) is 0 Å². The molecular weight excluding hydrogens is 1420 g/mol. The number of amides is 1. The number of hydrogen-bond donors (Lipinski definition) is 12. The summed E-state index contributed by atoms with van der Waals surface area (Å²) < 4.78 is 34.5. The second-order valence-electron chi connectivity index (χ2n) is 33.8. The van der Waals surface area contributed by atoms with Crippen molar-refractivity contribution in [3.05, 3.63) is 36.5 Å². The SMILES string of the molecule is CCCCCCCCCCCCCCCCCCC/C=C/CC/C=C/CC/C=C/C(O)C(COC1OC(CO)C(OC2OC(CO)C(OC3OC(CO)C(O)C(O)C3O)C(O)C2O)C(O)C1O)NC(=O)CCCCCCCCCCCCCCCCCCCCCCCCCCCCCCCCCCCCCCCCCC. The Kier molecular flexibility index (Phi) is 67.9. The Labute approximate surface area is 682 Å². The maximum absolute atomic E-state index is 13.5. The molecule has 0 bridgehead atoms. The van der Waals surface area contributed by atoms with E-state index in [9.17, 15) is 61.0 Å². The first-order chi connectivity index (χ1) is 54.8. The molecule has 17 atom stereocenters. The summed E-state index contributed by atoms with van der Waals surface area (Å²) in [5, 5.41) is 121. The highest BCUT2D eigenvalue weighted by Crippen LogP contribution is 2.34. The number of unbranched alkanes of at least 4 members (excludes halogenated alkanes) is 58. The molecule has 112 heavy (non-hydrogen) atoms. The third-order valence-electron chi connectivity index (χ3n) is 23.7. The molecule has 3 fully saturated rings. The van der Waals surface area contributed by atoms with Crippen LogP contribution >= 0.6 is 0 Å². The number of hydrogen-bond acceptors (Lipinski definition) is 18. The average Bonchev–Trinajstić information content (AvgIpc) is 0.781. The van der Waals surface area contributed by atoms with Crippen molar-refractivity contribution in [3.63, 3.8) is 0 Å². The number of carbonyl (C=O) groups is 1. The fourth-order valence-corrected chi connectivity index (χ4v) is 16.2. The van der Waals surface area contributed by atoms with Crippen LogP contribution in [0.3, 0.4) is 0 Å². The van der Waals surface area contributed by atoms with Gasteiger partial charge in [-0.05, 0) is 44.9 Å². The van der Waals surface area contributed by atoms with Gasteiger partial charge in [0.1, 0.15) is 73.2 Å². The molecule has 0 radical (unpaired) electrons. The maximum atomic E-state index is 13.5. The van der Waals surface area contributed by atoms with Gasteiger partial charge >= 0.3 is 0 Å². The fourth-order valence-electron chi connectivity index (χ4n) is 16.2. The number of allylic oxidation sites excluding steroid dienone is 5. The molecule has 12 N–H and O–H groups in total. The first-order valence-corrected chi connectivity index (χ1v) is 47.2. The van der Waals surface area contributed by atoms with Crippen molar-refractivity contribution >= 4 is 5.91 Å². The Balaban J connectivity index is 1.30. The molecule has 17 unspecified atom stereocenters. The minimum Gasteiger partial charge on any atom is -0.394 e. The largest absolute Gasteiger partial charge is 0.394 e. The maximum Gasteiger partial charge on any atom is 0.220 e. The Morgan fingerprint density at radius 2 is 0.571 bits per heavy atom. The predicted molar refractivity (Wildman–Crippen MR) is 453 cm³/mol. The Bertz CT molecular complexity index is 2160. The molecular formula is C93H175NO18. The van der Waals surface area contributed by atoms with Gasteiger partial charge in [0.25, 0.3) is 0 Å². The molecule has 3 aliphatic rings. The van der Waals surface area contributed by atoms with Crippen LogP contribution in [0.25, 0.3) is 0 Å². The van der Waals surface area contributed by atoms with Crippen molar-refractivity contribution in [3.8, 4) is 0 Å². The van der Waals surface area contributed by atoms with Crippen molar-refractivity contribution in [2.24, 2.45) is 0 Å². The standard InChI is InChI=1S/C93H175NO18/c1-3-5-7-9-11-13-15-17-19-21-23-25-27-29-31-32-33-34-35-36-37-38-39-40-41-42-43-45-47-49-51-53-55-57-59-61-63-65-67-69-71-81(99)94-76(77(98)70-68-66-64-62-60-58-56-54-52-50-48-46-44-30-28-26-24-22-20-18-16-14-12-10-8-6-4-2)75-107-91-87(105)84(102)89(79(73-96)109-91)112-93-88(106)85(103)90(80(74-97)110-93)111-92-86(104)83(101)82(100)78(72-95)108-92/h52,54,60,62,68,70,76-80,82-93,95-98,100-106H,3-51,53,55-59,61,63-67,69,71-75H2,1-2H3,(H,94,99)/b54-52+,62-60+,70-68+. The van der Waals surface area contributed by atoms with E-state index < -0.39 is 124 Å². The first kappa shape index (κ1) is 104. The number of ether oxygens (including phenoxy) is 6. The summed E-state index contributed by atoms with van der Waals surface area (Å²) in [5.74, 6) is -0.281. The molecule has 0 aromatic carbocycles. The van der Waals surface area contributed by atoms with Crippen LogP contribution < -0.4 is 5.32 Å². The highest BCUT2D eigenvalue weighted by atomic mass is 16.8. The summed E-state index contributed by atoms with van der Waals surface area (Å²) in [6, 6.07) is -0.997. The second kappa shape index (κ2) is 73.0. The van der Waals surface area contributed by atoms with Gasteiger partial charge in [-0.25, -0.2) is 0 Å². The third-order valence-corrected chi connectivity index (χ3v) is 23.7. The van der Waals surface area contributed by atoms with Crippen LogP contribution in [0.1, 0.15) is 418 Å². The molecule has 3 saturated heterocycles. The summed E-state index contributed by atoms with van der Waals surface area (Å²) in [5.41, 5.74) is 0. The number of carbonyl (C=O) groups excluding carboxylic acids is 1. The quantitative estimate of drug-likeness (QED) is 0.0199. The molecule has 0 aromatic heterocycles. The lowest BCUT2D eigenvalue weighted by atomic mass is 9.96. The minimum absolute atomic E-state index is 0.237. The van der Waals surface area contributed by atoms with E-state index in [4.69, 9.17) is 28.4 Å². The van der Waals surface area contributed by atoms with Crippen molar-refractivity contribution in [1.29, 1.82) is 0 Å². The summed E-state index contributed by atoms with van der Waals surface area (Å²) in [6.07, 6.45) is 67.6. The topological polar surface area (TPSA) is 307 Å². The third kappa shape index (κ3) is 50.8. The number of aliphatic hydroxyl groups excluding tert-OH is 11. The number of rotatable bonds is 78. The van der Waals surface area contributed by atoms with Gasteiger partial charge in [0, 0.05) is 6.42 Å². The van der Waals surface area contributed by atoms with Gasteiger partial charge in [0.05, 0.1) is 38.6 Å². The zero-order chi connectivity index (χ0) is 81.0. The zero-order valence-corrected chi connectivity index (χ0v) is 71.4. The Hall–Kier alpha value is -1.99. The lowest BCUT2D eigenvalue weighted by Gasteiger charge is -2.48. The van der Waals surface area contributed by atoms with Crippen molar-refractivity contribution in [1.82, 2.24) is 5.32 Å². The van der Waals surface area contributed by atoms with Crippen LogP contribution in [0, 0.1) is 0 Å². The number of aliphatic hydroxyl groups is 11. The average molecular weight is 1600 g/mol. The zero-order valence-electron chi connectivity index (χ0n) is 71.4. The van der Waals surface area contributed by atoms with E-state index in [1.54, 1.807) is 6.08 Å². The van der Waals surface area contributed by atoms with E-state index in [2.05, 4.69) is 43.5 Å². The van der Waals surface area contributed by atoms with Crippen molar-refractivity contribution in [2.75, 3.05) is 26.4 Å². The van der Waals surface area contributed by atoms with Gasteiger partial charge in [0.2, 0.25) is 5.91 Å². The smallest absolute Gasteiger partial charge is 0.220 e. The van der Waals surface area contributed by atoms with Gasteiger partial charge in [-0.15, -0.1) is 0 Å². The molecule has 0 aliphatic carbocycles. The van der Waals surface area contributed by atoms with Crippen LogP contribution in [0.4, 0.5) is 0 Å². The molecule has 3 heterocycles. The van der Waals surface area contributed by atoms with E-state index >= 15 is 0 Å². The number of nitrogens with one attached hydrogen (secondary N) is 1. The Morgan fingerprint density at radius 1 is 0.312 bits per heavy atom. The molecule has 19 nitrogen and oxygen atoms in total. The monoisotopic (exact) mass is 1590 g/mol. The van der Waals surface area contributed by atoms with E-state index in [0.29, 0.717) is 12.8 Å². The summed E-state index contributed by atoms with van der Waals surface area (Å²) in [4.78, 5) is 13.5. The van der Waals surface area contributed by atoms with E-state index in [1.807, 2.05) is 6.08 Å². The predicted octanol–water partition coefficient (Wildman–Crippen LogP) is 18.6. The van der Waals surface area contributed by atoms with Crippen LogP contribution in [0.5, 0.6) is 0 Å². The molecule has 0 aromatic rings. The van der Waals surface area contributed by atoms with Gasteiger partial charge in [-0.1, -0.05) is 403 Å². The van der Waals surface area contributed by atoms with Crippen molar-refractivity contribution < 1.29 is 89.4 Å². The summed E-state index contributed by atoms with van der Waals surface area (Å²) in [7, 11) is 0. The van der Waals surface area contributed by atoms with Gasteiger partial charge in [0.15, 0.2) is 18.9 Å². The lowest BCUT2D eigenvalue weighted by molar-refractivity contribution is -0.379. The van der Waals surface area contributed by atoms with Crippen molar-refractivity contribution in [2.45, 2.75) is 523 Å².